The summed E-state index contributed by atoms with van der Waals surface area (Å²) in [5.41, 5.74) is 19.6. The maximum Gasteiger partial charge on any atom is 0.227 e. The molecule has 0 unspecified atom stereocenters. The summed E-state index contributed by atoms with van der Waals surface area (Å²) in [4.78, 5) is 9.07. The lowest BCUT2D eigenvalue weighted by atomic mass is 9.99. The number of benzene rings is 10. The molecule has 0 saturated heterocycles. The van der Waals surface area contributed by atoms with Gasteiger partial charge in [0, 0.05) is 32.1 Å². The summed E-state index contributed by atoms with van der Waals surface area (Å²) in [6, 6.07) is 84.0. The highest BCUT2D eigenvalue weighted by atomic mass is 79.9. The second-order valence-corrected chi connectivity index (χ2v) is 18.0. The Hall–Kier alpha value is -8.58. The molecule has 0 bridgehead atoms. The van der Waals surface area contributed by atoms with Crippen LogP contribution in [-0.2, 0) is 6.42 Å². The topological polar surface area (TPSA) is 57.0 Å². The fraction of sp³-hybridized carbons (Fsp3) is 0.0159. The molecule has 1 aliphatic rings. The van der Waals surface area contributed by atoms with Crippen molar-refractivity contribution >= 4 is 59.9 Å². The van der Waals surface area contributed by atoms with Crippen LogP contribution in [0, 0.1) is 0 Å². The van der Waals surface area contributed by atoms with Gasteiger partial charge in [0.05, 0.1) is 11.0 Å². The van der Waals surface area contributed by atoms with Gasteiger partial charge in [-0.15, -0.1) is 0 Å². The number of halogens is 1. The van der Waals surface area contributed by atoms with Crippen LogP contribution < -0.4 is 0 Å². The third kappa shape index (κ3) is 8.32. The molecule has 5 nitrogen and oxygen atoms in total. The van der Waals surface area contributed by atoms with E-state index in [4.69, 9.17) is 8.83 Å². The zero-order valence-electron chi connectivity index (χ0n) is 37.3. The van der Waals surface area contributed by atoms with Gasteiger partial charge in [-0.2, -0.15) is 0 Å². The summed E-state index contributed by atoms with van der Waals surface area (Å²) < 4.78 is 15.0. The molecule has 10 aromatic carbocycles. The van der Waals surface area contributed by atoms with Gasteiger partial charge in [-0.1, -0.05) is 162 Å². The SMILES string of the molecule is Brc1ccc(-c2nc3ccccc3o2)cc1.c1ccc(-c2ccc3c(c2)-c2ccccc2C3)cc1.c1ccc(-c2ccc3c(c2)c2ccccc2n3-c2ccc(-c3nc4ccccc4o3)cc2)cc1. The van der Waals surface area contributed by atoms with Gasteiger partial charge in [-0.3, -0.25) is 0 Å². The summed E-state index contributed by atoms with van der Waals surface area (Å²) in [7, 11) is 0. The molecule has 69 heavy (non-hydrogen) atoms. The number of fused-ring (bicyclic) bond motifs is 8. The maximum atomic E-state index is 5.96. The zero-order valence-corrected chi connectivity index (χ0v) is 38.9. The summed E-state index contributed by atoms with van der Waals surface area (Å²) >= 11 is 3.40. The number of hydrogen-bond acceptors (Lipinski definition) is 4. The lowest BCUT2D eigenvalue weighted by Gasteiger charge is -2.09. The first-order chi connectivity index (χ1) is 34.1. The highest BCUT2D eigenvalue weighted by Crippen LogP contribution is 2.39. The molecule has 6 heteroatoms. The van der Waals surface area contributed by atoms with Crippen molar-refractivity contribution in [2.24, 2.45) is 0 Å². The molecule has 0 fully saturated rings. The van der Waals surface area contributed by atoms with E-state index in [1.807, 2.05) is 72.8 Å². The number of oxazole rings is 2. The van der Waals surface area contributed by atoms with E-state index in [-0.39, 0.29) is 0 Å². The minimum absolute atomic E-state index is 0.641. The third-order valence-corrected chi connectivity index (χ3v) is 13.3. The van der Waals surface area contributed by atoms with Crippen molar-refractivity contribution in [1.29, 1.82) is 0 Å². The lowest BCUT2D eigenvalue weighted by molar-refractivity contribution is 0.619. The highest BCUT2D eigenvalue weighted by molar-refractivity contribution is 9.10. The molecule has 0 amide bonds. The largest absolute Gasteiger partial charge is 0.436 e. The predicted molar refractivity (Wildman–Crippen MR) is 286 cm³/mol. The van der Waals surface area contributed by atoms with Crippen LogP contribution in [-0.4, -0.2) is 14.5 Å². The molecule has 0 N–H and O–H groups in total. The van der Waals surface area contributed by atoms with Gasteiger partial charge in [0.25, 0.3) is 0 Å². The van der Waals surface area contributed by atoms with Gasteiger partial charge in [-0.05, 0) is 148 Å². The Morgan fingerprint density at radius 3 is 1.51 bits per heavy atom. The van der Waals surface area contributed by atoms with E-state index in [9.17, 15) is 0 Å². The molecule has 0 radical (unpaired) electrons. The van der Waals surface area contributed by atoms with E-state index in [0.717, 1.165) is 49.9 Å². The second-order valence-electron chi connectivity index (χ2n) is 17.0. The molecule has 3 heterocycles. The summed E-state index contributed by atoms with van der Waals surface area (Å²) in [5.74, 6) is 1.30. The minimum Gasteiger partial charge on any atom is -0.436 e. The molecule has 13 aromatic rings. The number of aromatic nitrogens is 3. The third-order valence-electron chi connectivity index (χ3n) is 12.7. The molecule has 328 valence electrons. The predicted octanol–water partition coefficient (Wildman–Crippen LogP) is 17.4. The highest BCUT2D eigenvalue weighted by Gasteiger charge is 2.19. The maximum absolute atomic E-state index is 5.96. The normalized spacial score (nSPS) is 11.5. The van der Waals surface area contributed by atoms with Crippen LogP contribution in [0.15, 0.2) is 256 Å². The summed E-state index contributed by atoms with van der Waals surface area (Å²) in [5, 5.41) is 2.50. The lowest BCUT2D eigenvalue weighted by Crippen LogP contribution is -1.93. The van der Waals surface area contributed by atoms with E-state index in [0.29, 0.717) is 11.8 Å². The van der Waals surface area contributed by atoms with Crippen molar-refractivity contribution in [3.63, 3.8) is 0 Å². The number of nitrogens with zero attached hydrogens (tertiary/aromatic N) is 3. The average Bonchev–Trinajstić information content (AvgIpc) is 4.22. The monoisotopic (exact) mass is 951 g/mol. The quantitative estimate of drug-likeness (QED) is 0.172. The molecule has 3 aromatic heterocycles. The standard InChI is InChI=1S/C31H20N2O.C19H14.C13H8BrNO/c1-2-8-21(9-3-1)23-16-19-29-26(20-23)25-10-4-6-12-28(25)33(29)24-17-14-22(15-18-24)31-32-27-11-5-7-13-30(27)34-31;1-2-6-14(7-3-1)15-10-11-17-12-16-8-4-5-9-18(16)19(17)13-15;14-10-7-5-9(6-8-10)13-15-11-3-1-2-4-12(11)16-13/h1-20H;1-11,13H,12H2;1-8H. The number of hydrogen-bond donors (Lipinski definition) is 0. The van der Waals surface area contributed by atoms with Crippen LogP contribution in [0.5, 0.6) is 0 Å². The molecule has 0 aliphatic heterocycles. The smallest absolute Gasteiger partial charge is 0.227 e. The van der Waals surface area contributed by atoms with E-state index in [2.05, 4.69) is 200 Å². The molecule has 0 saturated carbocycles. The number of rotatable bonds is 5. The van der Waals surface area contributed by atoms with Crippen LogP contribution in [0.4, 0.5) is 0 Å². The molecular formula is C63H42BrN3O2. The first-order valence-electron chi connectivity index (χ1n) is 23.0. The summed E-state index contributed by atoms with van der Waals surface area (Å²) in [6.45, 7) is 0. The Balaban J connectivity index is 0.000000118. The van der Waals surface area contributed by atoms with E-state index in [1.165, 1.54) is 66.3 Å². The van der Waals surface area contributed by atoms with Crippen molar-refractivity contribution in [1.82, 2.24) is 14.5 Å². The van der Waals surface area contributed by atoms with E-state index < -0.39 is 0 Å². The molecule has 14 rings (SSSR count). The van der Waals surface area contributed by atoms with Crippen LogP contribution in [0.3, 0.4) is 0 Å². The first-order valence-corrected chi connectivity index (χ1v) is 23.8. The first kappa shape index (κ1) is 41.8. The van der Waals surface area contributed by atoms with Crippen molar-refractivity contribution < 1.29 is 8.83 Å². The number of para-hydroxylation sites is 5. The van der Waals surface area contributed by atoms with Crippen molar-refractivity contribution in [3.8, 4) is 62.0 Å². The van der Waals surface area contributed by atoms with E-state index in [1.54, 1.807) is 0 Å². The Labute approximate surface area is 407 Å². The fourth-order valence-electron chi connectivity index (χ4n) is 9.33. The van der Waals surface area contributed by atoms with Gasteiger partial charge >= 0.3 is 0 Å². The Bertz CT molecular complexity index is 3860. The average molecular weight is 953 g/mol. The van der Waals surface area contributed by atoms with Gasteiger partial charge in [0.15, 0.2) is 11.2 Å². The van der Waals surface area contributed by atoms with Gasteiger partial charge in [-0.25, -0.2) is 9.97 Å². The van der Waals surface area contributed by atoms with Crippen molar-refractivity contribution in [2.75, 3.05) is 0 Å². The van der Waals surface area contributed by atoms with Gasteiger partial charge in [0.2, 0.25) is 11.8 Å². The van der Waals surface area contributed by atoms with E-state index >= 15 is 0 Å². The van der Waals surface area contributed by atoms with Crippen LogP contribution in [0.2, 0.25) is 0 Å². The molecule has 1 aliphatic carbocycles. The second kappa shape index (κ2) is 18.2. The Kier molecular flexibility index (Phi) is 11.1. The minimum atomic E-state index is 0.641. The zero-order chi connectivity index (χ0) is 46.1. The Morgan fingerprint density at radius 2 is 0.855 bits per heavy atom. The molecule has 0 spiro atoms. The Morgan fingerprint density at radius 1 is 0.362 bits per heavy atom. The van der Waals surface area contributed by atoms with Gasteiger partial charge < -0.3 is 13.4 Å². The van der Waals surface area contributed by atoms with Crippen LogP contribution in [0.25, 0.3) is 106 Å². The summed E-state index contributed by atoms with van der Waals surface area (Å²) in [6.07, 6.45) is 1.07. The van der Waals surface area contributed by atoms with Crippen LogP contribution >= 0.6 is 15.9 Å². The fourth-order valence-corrected chi connectivity index (χ4v) is 9.60. The molecule has 0 atom stereocenters. The molecular weight excluding hydrogens is 911 g/mol. The van der Waals surface area contributed by atoms with Crippen molar-refractivity contribution in [3.05, 3.63) is 258 Å². The van der Waals surface area contributed by atoms with Gasteiger partial charge in [0.1, 0.15) is 11.0 Å². The van der Waals surface area contributed by atoms with Crippen LogP contribution in [0.1, 0.15) is 11.1 Å². The van der Waals surface area contributed by atoms with Crippen molar-refractivity contribution in [2.45, 2.75) is 6.42 Å².